The summed E-state index contributed by atoms with van der Waals surface area (Å²) in [6, 6.07) is -0.0680. The van der Waals surface area contributed by atoms with Crippen molar-refractivity contribution in [3.8, 4) is 0 Å². The summed E-state index contributed by atoms with van der Waals surface area (Å²) >= 11 is 0. The Bertz CT molecular complexity index is 317. The maximum absolute atomic E-state index is 12.1. The highest BCUT2D eigenvalue weighted by atomic mass is 32.2. The highest BCUT2D eigenvalue weighted by molar-refractivity contribution is 7.87. The van der Waals surface area contributed by atoms with Crippen LogP contribution in [0.2, 0.25) is 0 Å². The predicted octanol–water partition coefficient (Wildman–Crippen LogP) is 0.856. The van der Waals surface area contributed by atoms with Crippen molar-refractivity contribution in [2.75, 3.05) is 13.1 Å². The normalized spacial score (nSPS) is 25.5. The van der Waals surface area contributed by atoms with Crippen LogP contribution in [0.15, 0.2) is 0 Å². The van der Waals surface area contributed by atoms with Crippen molar-refractivity contribution in [1.82, 2.24) is 9.03 Å². The molecular formula is C11H24N2O3S. The first-order valence-corrected chi connectivity index (χ1v) is 7.86. The minimum absolute atomic E-state index is 0.0680. The number of aliphatic hydroxyl groups excluding tert-OH is 1. The topological polar surface area (TPSA) is 69.6 Å². The maximum atomic E-state index is 12.1. The van der Waals surface area contributed by atoms with Crippen LogP contribution < -0.4 is 4.72 Å². The summed E-state index contributed by atoms with van der Waals surface area (Å²) in [6.07, 6.45) is 3.91. The molecule has 1 heterocycles. The molecule has 0 aromatic rings. The average molecular weight is 264 g/mol. The fourth-order valence-corrected chi connectivity index (χ4v) is 3.85. The predicted molar refractivity (Wildman–Crippen MR) is 67.9 cm³/mol. The van der Waals surface area contributed by atoms with E-state index >= 15 is 0 Å². The molecule has 0 aliphatic carbocycles. The SMILES string of the molecule is CCNS(=O)(=O)N1CCCCCC1CC(C)O. The Hall–Kier alpha value is -0.170. The Kier molecular flexibility index (Phi) is 5.85. The Morgan fingerprint density at radius 2 is 2.12 bits per heavy atom. The molecule has 0 aromatic heterocycles. The van der Waals surface area contributed by atoms with Gasteiger partial charge in [0.15, 0.2) is 0 Å². The number of nitrogens with one attached hydrogen (secondary N) is 1. The molecule has 17 heavy (non-hydrogen) atoms. The van der Waals surface area contributed by atoms with Gasteiger partial charge in [-0.3, -0.25) is 0 Å². The molecule has 0 bridgehead atoms. The number of rotatable bonds is 5. The summed E-state index contributed by atoms with van der Waals surface area (Å²) in [5.41, 5.74) is 0. The van der Waals surface area contributed by atoms with Crippen molar-refractivity contribution in [2.45, 2.75) is 58.1 Å². The zero-order valence-corrected chi connectivity index (χ0v) is 11.5. The van der Waals surface area contributed by atoms with E-state index in [1.54, 1.807) is 13.8 Å². The van der Waals surface area contributed by atoms with Gasteiger partial charge >= 0.3 is 0 Å². The lowest BCUT2D eigenvalue weighted by Gasteiger charge is -2.29. The third kappa shape index (κ3) is 4.54. The number of hydrogen-bond acceptors (Lipinski definition) is 3. The Morgan fingerprint density at radius 1 is 1.41 bits per heavy atom. The van der Waals surface area contributed by atoms with Gasteiger partial charge in [-0.2, -0.15) is 12.7 Å². The van der Waals surface area contributed by atoms with Crippen LogP contribution in [0.3, 0.4) is 0 Å². The van der Waals surface area contributed by atoms with E-state index in [1.807, 2.05) is 0 Å². The molecule has 0 saturated carbocycles. The molecule has 0 spiro atoms. The molecule has 2 N–H and O–H groups in total. The summed E-state index contributed by atoms with van der Waals surface area (Å²) < 4.78 is 28.2. The second-order valence-corrected chi connectivity index (χ2v) is 6.41. The van der Waals surface area contributed by atoms with Gasteiger partial charge in [-0.15, -0.1) is 0 Å². The van der Waals surface area contributed by atoms with E-state index in [0.717, 1.165) is 25.7 Å². The van der Waals surface area contributed by atoms with Gasteiger partial charge in [-0.1, -0.05) is 19.8 Å². The highest BCUT2D eigenvalue weighted by Crippen LogP contribution is 2.22. The molecular weight excluding hydrogens is 240 g/mol. The van der Waals surface area contributed by atoms with E-state index in [2.05, 4.69) is 4.72 Å². The first-order chi connectivity index (χ1) is 7.97. The molecule has 2 atom stereocenters. The fraction of sp³-hybridized carbons (Fsp3) is 1.00. The average Bonchev–Trinajstić information content (AvgIpc) is 2.42. The van der Waals surface area contributed by atoms with Crippen LogP contribution in [0.5, 0.6) is 0 Å². The molecule has 6 heteroatoms. The van der Waals surface area contributed by atoms with E-state index in [9.17, 15) is 13.5 Å². The molecule has 0 radical (unpaired) electrons. The third-order valence-corrected chi connectivity index (χ3v) is 4.82. The van der Waals surface area contributed by atoms with Gasteiger partial charge in [0.2, 0.25) is 0 Å². The zero-order valence-electron chi connectivity index (χ0n) is 10.7. The molecule has 1 aliphatic heterocycles. The van der Waals surface area contributed by atoms with E-state index in [0.29, 0.717) is 19.5 Å². The van der Waals surface area contributed by atoms with Crippen molar-refractivity contribution in [2.24, 2.45) is 0 Å². The molecule has 1 fully saturated rings. The lowest BCUT2D eigenvalue weighted by Crippen LogP contribution is -2.47. The van der Waals surface area contributed by atoms with Crippen molar-refractivity contribution in [3.63, 3.8) is 0 Å². The molecule has 1 saturated heterocycles. The second kappa shape index (κ2) is 6.68. The summed E-state index contributed by atoms with van der Waals surface area (Å²) in [5.74, 6) is 0. The van der Waals surface area contributed by atoms with Crippen molar-refractivity contribution < 1.29 is 13.5 Å². The van der Waals surface area contributed by atoms with Crippen LogP contribution in [-0.4, -0.2) is 43.1 Å². The third-order valence-electron chi connectivity index (χ3n) is 3.07. The molecule has 0 aromatic carbocycles. The second-order valence-electron chi connectivity index (χ2n) is 4.70. The summed E-state index contributed by atoms with van der Waals surface area (Å²) in [4.78, 5) is 0. The fourth-order valence-electron chi connectivity index (χ4n) is 2.36. The highest BCUT2D eigenvalue weighted by Gasteiger charge is 2.31. The van der Waals surface area contributed by atoms with Crippen LogP contribution in [0.1, 0.15) is 46.0 Å². The van der Waals surface area contributed by atoms with E-state index in [1.165, 1.54) is 4.31 Å². The van der Waals surface area contributed by atoms with Gasteiger partial charge in [0.05, 0.1) is 6.10 Å². The Balaban J connectivity index is 2.81. The number of aliphatic hydroxyl groups is 1. The van der Waals surface area contributed by atoms with Crippen LogP contribution in [-0.2, 0) is 10.2 Å². The standard InChI is InChI=1S/C11H24N2O3S/c1-3-12-17(15,16)13-8-6-4-5-7-11(13)9-10(2)14/h10-12,14H,3-9H2,1-2H3. The zero-order chi connectivity index (χ0) is 12.9. The quantitative estimate of drug-likeness (QED) is 0.773. The minimum atomic E-state index is -3.38. The molecule has 1 rings (SSSR count). The van der Waals surface area contributed by atoms with Gasteiger partial charge in [0.25, 0.3) is 10.2 Å². The van der Waals surface area contributed by atoms with Crippen LogP contribution in [0, 0.1) is 0 Å². The smallest absolute Gasteiger partial charge is 0.279 e. The largest absolute Gasteiger partial charge is 0.393 e. The Labute approximate surface area is 104 Å². The number of hydrogen-bond donors (Lipinski definition) is 2. The van der Waals surface area contributed by atoms with E-state index in [4.69, 9.17) is 0 Å². The van der Waals surface area contributed by atoms with Crippen molar-refractivity contribution in [3.05, 3.63) is 0 Å². The van der Waals surface area contributed by atoms with Crippen LogP contribution in [0.4, 0.5) is 0 Å². The van der Waals surface area contributed by atoms with Gasteiger partial charge in [0, 0.05) is 19.1 Å². The first kappa shape index (κ1) is 14.9. The van der Waals surface area contributed by atoms with Crippen molar-refractivity contribution >= 4 is 10.2 Å². The summed E-state index contributed by atoms with van der Waals surface area (Å²) in [6.45, 7) is 4.45. The van der Waals surface area contributed by atoms with Gasteiger partial charge in [-0.25, -0.2) is 4.72 Å². The van der Waals surface area contributed by atoms with Crippen LogP contribution >= 0.6 is 0 Å². The molecule has 2 unspecified atom stereocenters. The lowest BCUT2D eigenvalue weighted by atomic mass is 10.1. The summed E-state index contributed by atoms with van der Waals surface area (Å²) in [5, 5.41) is 9.47. The lowest BCUT2D eigenvalue weighted by molar-refractivity contribution is 0.146. The Morgan fingerprint density at radius 3 is 2.71 bits per heavy atom. The molecule has 5 nitrogen and oxygen atoms in total. The van der Waals surface area contributed by atoms with Crippen LogP contribution in [0.25, 0.3) is 0 Å². The summed E-state index contributed by atoms with van der Waals surface area (Å²) in [7, 11) is -3.38. The maximum Gasteiger partial charge on any atom is 0.279 e. The number of nitrogens with zero attached hydrogens (tertiary/aromatic N) is 1. The molecule has 1 aliphatic rings. The van der Waals surface area contributed by atoms with Crippen molar-refractivity contribution in [1.29, 1.82) is 0 Å². The molecule has 0 amide bonds. The van der Waals surface area contributed by atoms with Gasteiger partial charge in [-0.05, 0) is 26.2 Å². The first-order valence-electron chi connectivity index (χ1n) is 6.42. The van der Waals surface area contributed by atoms with E-state index in [-0.39, 0.29) is 6.04 Å². The minimum Gasteiger partial charge on any atom is -0.393 e. The monoisotopic (exact) mass is 264 g/mol. The molecule has 102 valence electrons. The van der Waals surface area contributed by atoms with Gasteiger partial charge in [0.1, 0.15) is 0 Å². The van der Waals surface area contributed by atoms with E-state index < -0.39 is 16.3 Å². The van der Waals surface area contributed by atoms with Gasteiger partial charge < -0.3 is 5.11 Å².